The second-order valence-electron chi connectivity index (χ2n) is 10.3. The van der Waals surface area contributed by atoms with Crippen LogP contribution in [0.15, 0.2) is 72.8 Å². The minimum absolute atomic E-state index is 0.00164. The van der Waals surface area contributed by atoms with Gasteiger partial charge in [0.2, 0.25) is 0 Å². The smallest absolute Gasteiger partial charge is 0.264 e. The van der Waals surface area contributed by atoms with Crippen LogP contribution in [0.2, 0.25) is 5.02 Å². The molecule has 0 unspecified atom stereocenters. The molecule has 188 valence electrons. The molecular formula is C31H34ClNO3. The third-order valence-corrected chi connectivity index (χ3v) is 7.83. The Morgan fingerprint density at radius 3 is 2.67 bits per heavy atom. The van der Waals surface area contributed by atoms with Crippen LogP contribution in [-0.2, 0) is 16.0 Å². The molecule has 0 aliphatic carbocycles. The van der Waals surface area contributed by atoms with Crippen LogP contribution in [0.5, 0.6) is 5.75 Å². The molecule has 2 heterocycles. The number of hydrogen-bond acceptors (Lipinski definition) is 3. The van der Waals surface area contributed by atoms with E-state index >= 15 is 0 Å². The predicted octanol–water partition coefficient (Wildman–Crippen LogP) is 7.22. The van der Waals surface area contributed by atoms with E-state index in [9.17, 15) is 4.79 Å². The Hall–Kier alpha value is -2.82. The lowest BCUT2D eigenvalue weighted by Crippen LogP contribution is -2.38. The number of fused-ring (bicyclic) bond motifs is 1. The number of carbonyl (C=O) groups excluding carboxylic acids is 1. The SMILES string of the molecule is CC(C)[C@@H]1C[C@H](c2ccc(Cl)cc2)CO[C@H]1c1cccc(OCC(=O)N2CCCc3ccccc32)c1. The Kier molecular flexibility index (Phi) is 7.64. The van der Waals surface area contributed by atoms with Crippen LogP contribution < -0.4 is 9.64 Å². The zero-order valence-corrected chi connectivity index (χ0v) is 21.8. The fourth-order valence-electron chi connectivity index (χ4n) is 5.59. The normalized spacial score (nSPS) is 21.8. The summed E-state index contributed by atoms with van der Waals surface area (Å²) in [4.78, 5) is 14.9. The first-order chi connectivity index (χ1) is 17.5. The molecular weight excluding hydrogens is 470 g/mol. The number of halogens is 1. The fourth-order valence-corrected chi connectivity index (χ4v) is 5.72. The van der Waals surface area contributed by atoms with Gasteiger partial charge in [-0.1, -0.05) is 67.9 Å². The topological polar surface area (TPSA) is 38.8 Å². The van der Waals surface area contributed by atoms with Crippen LogP contribution >= 0.6 is 11.6 Å². The number of benzene rings is 3. The molecule has 0 aromatic heterocycles. The Morgan fingerprint density at radius 2 is 1.86 bits per heavy atom. The van der Waals surface area contributed by atoms with Gasteiger partial charge in [0.1, 0.15) is 5.75 Å². The average molecular weight is 504 g/mol. The highest BCUT2D eigenvalue weighted by Gasteiger charge is 2.35. The molecule has 5 rings (SSSR count). The quantitative estimate of drug-likeness (QED) is 0.356. The van der Waals surface area contributed by atoms with Gasteiger partial charge in [-0.3, -0.25) is 4.79 Å². The van der Waals surface area contributed by atoms with Gasteiger partial charge in [-0.2, -0.15) is 0 Å². The molecule has 0 spiro atoms. The summed E-state index contributed by atoms with van der Waals surface area (Å²) < 4.78 is 12.5. The number of aryl methyl sites for hydroxylation is 1. The van der Waals surface area contributed by atoms with Crippen molar-refractivity contribution in [2.24, 2.45) is 11.8 Å². The zero-order valence-electron chi connectivity index (χ0n) is 21.0. The monoisotopic (exact) mass is 503 g/mol. The minimum Gasteiger partial charge on any atom is -0.484 e. The standard InChI is InChI=1S/C31H34ClNO3/c1-21(2)28-18-25(22-12-14-26(32)15-13-22)19-36-31(28)24-8-5-10-27(17-24)35-20-30(34)33-16-6-9-23-7-3-4-11-29(23)33/h3-5,7-8,10-15,17,21,25,28,31H,6,9,16,18-20H2,1-2H3/t25-,28-,31-/m0/s1. The van der Waals surface area contributed by atoms with Gasteiger partial charge in [-0.05, 0) is 78.1 Å². The second-order valence-corrected chi connectivity index (χ2v) is 10.7. The molecule has 3 aromatic rings. The van der Waals surface area contributed by atoms with Crippen LogP contribution in [0.4, 0.5) is 5.69 Å². The van der Waals surface area contributed by atoms with Gasteiger partial charge in [-0.15, -0.1) is 0 Å². The van der Waals surface area contributed by atoms with E-state index in [2.05, 4.69) is 38.1 Å². The maximum atomic E-state index is 13.0. The van der Waals surface area contributed by atoms with E-state index in [1.165, 1.54) is 11.1 Å². The molecule has 0 bridgehead atoms. The third-order valence-electron chi connectivity index (χ3n) is 7.58. The Morgan fingerprint density at radius 1 is 1.06 bits per heavy atom. The first-order valence-electron chi connectivity index (χ1n) is 13.0. The highest BCUT2D eigenvalue weighted by molar-refractivity contribution is 6.30. The molecule has 4 nitrogen and oxygen atoms in total. The predicted molar refractivity (Wildman–Crippen MR) is 145 cm³/mol. The number of amides is 1. The second kappa shape index (κ2) is 11.1. The highest BCUT2D eigenvalue weighted by atomic mass is 35.5. The molecule has 3 atom stereocenters. The van der Waals surface area contributed by atoms with Gasteiger partial charge < -0.3 is 14.4 Å². The summed E-state index contributed by atoms with van der Waals surface area (Å²) in [7, 11) is 0. The molecule has 2 aliphatic heterocycles. The summed E-state index contributed by atoms with van der Waals surface area (Å²) in [5.41, 5.74) is 4.62. The van der Waals surface area contributed by atoms with E-state index in [-0.39, 0.29) is 18.6 Å². The van der Waals surface area contributed by atoms with Crippen molar-refractivity contribution in [3.05, 3.63) is 94.5 Å². The number of rotatable bonds is 6. The van der Waals surface area contributed by atoms with Crippen molar-refractivity contribution in [1.29, 1.82) is 0 Å². The Labute approximate surface area is 219 Å². The molecule has 1 saturated heterocycles. The number of carbonyl (C=O) groups is 1. The van der Waals surface area contributed by atoms with Crippen molar-refractivity contribution < 1.29 is 14.3 Å². The number of para-hydroxylation sites is 1. The van der Waals surface area contributed by atoms with Crippen LogP contribution in [-0.4, -0.2) is 25.7 Å². The summed E-state index contributed by atoms with van der Waals surface area (Å²) in [6.07, 6.45) is 3.05. The van der Waals surface area contributed by atoms with Crippen LogP contribution in [0, 0.1) is 11.8 Å². The zero-order chi connectivity index (χ0) is 25.1. The molecule has 3 aromatic carbocycles. The lowest BCUT2D eigenvalue weighted by Gasteiger charge is -2.39. The van der Waals surface area contributed by atoms with E-state index in [0.29, 0.717) is 30.1 Å². The Bertz CT molecular complexity index is 1190. The lowest BCUT2D eigenvalue weighted by atomic mass is 9.76. The van der Waals surface area contributed by atoms with E-state index in [1.54, 1.807) is 0 Å². The molecule has 2 aliphatic rings. The Balaban J connectivity index is 1.26. The van der Waals surface area contributed by atoms with Crippen LogP contribution in [0.25, 0.3) is 0 Å². The van der Waals surface area contributed by atoms with Gasteiger partial charge >= 0.3 is 0 Å². The average Bonchev–Trinajstić information content (AvgIpc) is 2.91. The third kappa shape index (κ3) is 5.45. The molecule has 0 radical (unpaired) electrons. The van der Waals surface area contributed by atoms with E-state index < -0.39 is 0 Å². The minimum atomic E-state index is -0.00710. The summed E-state index contributed by atoms with van der Waals surface area (Å²) in [5, 5.41) is 0.758. The largest absolute Gasteiger partial charge is 0.484 e. The van der Waals surface area contributed by atoms with Gasteiger partial charge in [0.25, 0.3) is 5.91 Å². The van der Waals surface area contributed by atoms with Crippen molar-refractivity contribution in [3.63, 3.8) is 0 Å². The first-order valence-corrected chi connectivity index (χ1v) is 13.4. The molecule has 1 amide bonds. The summed E-state index contributed by atoms with van der Waals surface area (Å²) >= 11 is 6.09. The van der Waals surface area contributed by atoms with Gasteiger partial charge in [0.15, 0.2) is 6.61 Å². The lowest BCUT2D eigenvalue weighted by molar-refractivity contribution is -0.120. The molecule has 1 fully saturated rings. The van der Waals surface area contributed by atoms with E-state index in [0.717, 1.165) is 42.1 Å². The van der Waals surface area contributed by atoms with Crippen molar-refractivity contribution in [1.82, 2.24) is 0 Å². The summed E-state index contributed by atoms with van der Waals surface area (Å²) in [6.45, 7) is 5.96. The van der Waals surface area contributed by atoms with Crippen LogP contribution in [0.3, 0.4) is 0 Å². The summed E-state index contributed by atoms with van der Waals surface area (Å²) in [6, 6.07) is 24.4. The summed E-state index contributed by atoms with van der Waals surface area (Å²) in [5.74, 6) is 1.90. The van der Waals surface area contributed by atoms with Gasteiger partial charge in [0.05, 0.1) is 12.7 Å². The van der Waals surface area contributed by atoms with Gasteiger partial charge in [0, 0.05) is 23.2 Å². The van der Waals surface area contributed by atoms with Crippen molar-refractivity contribution in [3.8, 4) is 5.75 Å². The van der Waals surface area contributed by atoms with Crippen molar-refractivity contribution in [2.75, 3.05) is 24.7 Å². The van der Waals surface area contributed by atoms with Gasteiger partial charge in [-0.25, -0.2) is 0 Å². The van der Waals surface area contributed by atoms with Crippen LogP contribution in [0.1, 0.15) is 55.4 Å². The van der Waals surface area contributed by atoms with E-state index in [1.807, 2.05) is 53.4 Å². The first kappa shape index (κ1) is 24.9. The molecule has 36 heavy (non-hydrogen) atoms. The maximum Gasteiger partial charge on any atom is 0.264 e. The number of anilines is 1. The fraction of sp³-hybridized carbons (Fsp3) is 0.387. The molecule has 5 heteroatoms. The number of nitrogens with zero attached hydrogens (tertiary/aromatic N) is 1. The number of ether oxygens (including phenoxy) is 2. The van der Waals surface area contributed by atoms with Crippen molar-refractivity contribution >= 4 is 23.2 Å². The number of hydrogen-bond donors (Lipinski definition) is 0. The van der Waals surface area contributed by atoms with E-state index in [4.69, 9.17) is 21.1 Å². The molecule has 0 N–H and O–H groups in total. The highest BCUT2D eigenvalue weighted by Crippen LogP contribution is 2.44. The van der Waals surface area contributed by atoms with Crippen molar-refractivity contribution in [2.45, 2.75) is 45.1 Å². The molecule has 0 saturated carbocycles. The maximum absolute atomic E-state index is 13.0.